The number of hydrogen-bond acceptors (Lipinski definition) is 5. The average molecular weight is 437 g/mol. The fourth-order valence-corrected chi connectivity index (χ4v) is 4.52. The Morgan fingerprint density at radius 3 is 2.40 bits per heavy atom. The van der Waals surface area contributed by atoms with Crippen LogP contribution in [0.2, 0.25) is 0 Å². The van der Waals surface area contributed by atoms with Gasteiger partial charge in [-0.3, -0.25) is 4.79 Å². The predicted octanol–water partition coefficient (Wildman–Crippen LogP) is 3.82. The zero-order chi connectivity index (χ0) is 21.3. The largest absolute Gasteiger partial charge is 0.490 e. The number of hydrogen-bond donors (Lipinski definition) is 0. The molecule has 0 aromatic heterocycles. The molecule has 0 radical (unpaired) electrons. The Balaban J connectivity index is 1.56. The lowest BCUT2D eigenvalue weighted by Crippen LogP contribution is -2.30. The van der Waals surface area contributed by atoms with Gasteiger partial charge in [0, 0.05) is 18.5 Å². The molecule has 1 saturated heterocycles. The van der Waals surface area contributed by atoms with Crippen LogP contribution in [0.3, 0.4) is 0 Å². The molecule has 0 bridgehead atoms. The van der Waals surface area contributed by atoms with Crippen LogP contribution in [-0.4, -0.2) is 44.7 Å². The molecule has 6 nitrogen and oxygen atoms in total. The van der Waals surface area contributed by atoms with Gasteiger partial charge in [0.15, 0.2) is 11.5 Å². The first-order chi connectivity index (χ1) is 14.4. The number of sulfone groups is 1. The first-order valence-corrected chi connectivity index (χ1v) is 11.2. The highest BCUT2D eigenvalue weighted by Gasteiger charge is 2.32. The van der Waals surface area contributed by atoms with Crippen LogP contribution in [0.4, 0.5) is 8.78 Å². The second-order valence-corrected chi connectivity index (χ2v) is 9.16. The molecule has 4 rings (SSSR count). The van der Waals surface area contributed by atoms with Crippen molar-refractivity contribution < 1.29 is 31.5 Å². The number of likely N-dealkylation sites (tertiary alicyclic amines) is 1. The van der Waals surface area contributed by atoms with Crippen LogP contribution in [-0.2, 0) is 9.84 Å². The summed E-state index contributed by atoms with van der Waals surface area (Å²) < 4.78 is 60.0. The Hall–Kier alpha value is -2.68. The van der Waals surface area contributed by atoms with E-state index in [1.807, 2.05) is 18.2 Å². The molecule has 0 N–H and O–H groups in total. The monoisotopic (exact) mass is 437 g/mol. The van der Waals surface area contributed by atoms with Gasteiger partial charge < -0.3 is 14.4 Å². The average Bonchev–Trinajstić information content (AvgIpc) is 3.11. The second-order valence-electron chi connectivity index (χ2n) is 7.24. The summed E-state index contributed by atoms with van der Waals surface area (Å²) in [5.41, 5.74) is 1.19. The molecule has 2 aromatic carbocycles. The number of amides is 1. The van der Waals surface area contributed by atoms with Gasteiger partial charge in [0.05, 0.1) is 24.2 Å². The van der Waals surface area contributed by atoms with Gasteiger partial charge in [-0.15, -0.1) is 0 Å². The van der Waals surface area contributed by atoms with E-state index in [0.717, 1.165) is 37.0 Å². The van der Waals surface area contributed by atoms with Crippen molar-refractivity contribution in [2.24, 2.45) is 0 Å². The SMILES string of the molecule is O=C(c1ccc(S(=O)(=O)C(F)F)cc1)N1CCCC1c1ccc2c(c1)OCCCO2. The molecule has 1 fully saturated rings. The minimum Gasteiger partial charge on any atom is -0.490 e. The lowest BCUT2D eigenvalue weighted by Gasteiger charge is -2.26. The van der Waals surface area contributed by atoms with Gasteiger partial charge in [-0.2, -0.15) is 8.78 Å². The Labute approximate surface area is 173 Å². The minimum atomic E-state index is -4.69. The number of carbonyl (C=O) groups is 1. The van der Waals surface area contributed by atoms with Crippen LogP contribution in [0.5, 0.6) is 11.5 Å². The number of carbonyl (C=O) groups excluding carboxylic acids is 1. The Bertz CT molecular complexity index is 1040. The molecule has 0 aliphatic carbocycles. The van der Waals surface area contributed by atoms with Gasteiger partial charge in [0.2, 0.25) is 9.84 Å². The van der Waals surface area contributed by atoms with Crippen molar-refractivity contribution in [3.05, 3.63) is 53.6 Å². The standard InChI is InChI=1S/C21H21F2NO5S/c22-21(23)30(26,27)16-7-4-14(5-8-16)20(25)24-10-1-3-17(24)15-6-9-18-19(13-15)29-12-2-11-28-18/h4-9,13,17,21H,1-3,10-12H2. The summed E-state index contributed by atoms with van der Waals surface area (Å²) in [5.74, 6) is -2.43. The van der Waals surface area contributed by atoms with Gasteiger partial charge in [0.25, 0.3) is 5.91 Å². The summed E-state index contributed by atoms with van der Waals surface area (Å²) >= 11 is 0. The maximum absolute atomic E-state index is 13.0. The smallest absolute Gasteiger partial charge is 0.341 e. The highest BCUT2D eigenvalue weighted by molar-refractivity contribution is 7.91. The third-order valence-electron chi connectivity index (χ3n) is 5.33. The quantitative estimate of drug-likeness (QED) is 0.727. The first-order valence-electron chi connectivity index (χ1n) is 9.70. The van der Waals surface area contributed by atoms with Crippen LogP contribution >= 0.6 is 0 Å². The van der Waals surface area contributed by atoms with E-state index in [9.17, 15) is 22.0 Å². The van der Waals surface area contributed by atoms with Crippen LogP contribution in [0.25, 0.3) is 0 Å². The summed E-state index contributed by atoms with van der Waals surface area (Å²) in [7, 11) is -4.69. The number of halogens is 2. The normalized spacial score (nSPS) is 19.0. The lowest BCUT2D eigenvalue weighted by molar-refractivity contribution is 0.0735. The van der Waals surface area contributed by atoms with Gasteiger partial charge >= 0.3 is 5.76 Å². The highest BCUT2D eigenvalue weighted by Crippen LogP contribution is 2.38. The Kier molecular flexibility index (Phi) is 5.64. The molecule has 1 amide bonds. The van der Waals surface area contributed by atoms with Crippen LogP contribution < -0.4 is 9.47 Å². The van der Waals surface area contributed by atoms with E-state index in [2.05, 4.69) is 0 Å². The Morgan fingerprint density at radius 2 is 1.70 bits per heavy atom. The van der Waals surface area contributed by atoms with Crippen molar-refractivity contribution in [3.63, 3.8) is 0 Å². The van der Waals surface area contributed by atoms with Crippen molar-refractivity contribution in [1.29, 1.82) is 0 Å². The molecule has 2 aromatic rings. The summed E-state index contributed by atoms with van der Waals surface area (Å²) in [4.78, 5) is 14.3. The fraction of sp³-hybridized carbons (Fsp3) is 0.381. The first kappa shape index (κ1) is 20.6. The number of benzene rings is 2. The second kappa shape index (κ2) is 8.22. The van der Waals surface area contributed by atoms with Crippen LogP contribution in [0.15, 0.2) is 47.4 Å². The van der Waals surface area contributed by atoms with Gasteiger partial charge in [-0.05, 0) is 54.8 Å². The predicted molar refractivity (Wildman–Crippen MR) is 105 cm³/mol. The molecule has 30 heavy (non-hydrogen) atoms. The van der Waals surface area contributed by atoms with E-state index in [0.29, 0.717) is 31.3 Å². The molecule has 9 heteroatoms. The molecule has 160 valence electrons. The molecular weight excluding hydrogens is 416 g/mol. The number of nitrogens with zero attached hydrogens (tertiary/aromatic N) is 1. The van der Waals surface area contributed by atoms with E-state index >= 15 is 0 Å². The van der Waals surface area contributed by atoms with Crippen molar-refractivity contribution in [2.45, 2.75) is 36.0 Å². The highest BCUT2D eigenvalue weighted by atomic mass is 32.2. The maximum Gasteiger partial charge on any atom is 0.341 e. The number of alkyl halides is 2. The zero-order valence-electron chi connectivity index (χ0n) is 16.1. The number of rotatable bonds is 4. The van der Waals surface area contributed by atoms with Crippen molar-refractivity contribution in [2.75, 3.05) is 19.8 Å². The molecule has 1 unspecified atom stereocenters. The molecular formula is C21H21F2NO5S. The van der Waals surface area contributed by atoms with Crippen molar-refractivity contribution >= 4 is 15.7 Å². The third kappa shape index (κ3) is 3.86. The molecule has 2 aliphatic rings. The van der Waals surface area contributed by atoms with E-state index in [1.54, 1.807) is 4.90 Å². The summed E-state index contributed by atoms with van der Waals surface area (Å²) in [6.07, 6.45) is 2.40. The van der Waals surface area contributed by atoms with E-state index in [-0.39, 0.29) is 17.5 Å². The maximum atomic E-state index is 13.0. The molecule has 2 heterocycles. The van der Waals surface area contributed by atoms with E-state index in [1.165, 1.54) is 12.1 Å². The van der Waals surface area contributed by atoms with E-state index in [4.69, 9.17) is 9.47 Å². The number of fused-ring (bicyclic) bond motifs is 1. The number of ether oxygens (including phenoxy) is 2. The van der Waals surface area contributed by atoms with Gasteiger partial charge in [-0.25, -0.2) is 8.42 Å². The van der Waals surface area contributed by atoms with Crippen molar-refractivity contribution in [1.82, 2.24) is 4.90 Å². The lowest BCUT2D eigenvalue weighted by atomic mass is 10.0. The van der Waals surface area contributed by atoms with Gasteiger partial charge in [0.1, 0.15) is 0 Å². The van der Waals surface area contributed by atoms with Crippen LogP contribution in [0.1, 0.15) is 41.2 Å². The zero-order valence-corrected chi connectivity index (χ0v) is 16.9. The molecule has 0 spiro atoms. The van der Waals surface area contributed by atoms with E-state index < -0.39 is 20.5 Å². The minimum absolute atomic E-state index is 0.154. The van der Waals surface area contributed by atoms with Gasteiger partial charge in [-0.1, -0.05) is 6.07 Å². The summed E-state index contributed by atoms with van der Waals surface area (Å²) in [5, 5.41) is 0. The summed E-state index contributed by atoms with van der Waals surface area (Å²) in [6, 6.07) is 10.2. The van der Waals surface area contributed by atoms with Crippen molar-refractivity contribution in [3.8, 4) is 11.5 Å². The molecule has 1 atom stereocenters. The summed E-state index contributed by atoms with van der Waals surface area (Å²) in [6.45, 7) is 1.71. The Morgan fingerprint density at radius 1 is 1.00 bits per heavy atom. The molecule has 0 saturated carbocycles. The topological polar surface area (TPSA) is 72.9 Å². The fourth-order valence-electron chi connectivity index (χ4n) is 3.80. The van der Waals surface area contributed by atoms with Crippen LogP contribution in [0, 0.1) is 0 Å². The third-order valence-corrected chi connectivity index (χ3v) is 6.73. The molecule has 2 aliphatic heterocycles.